The van der Waals surface area contributed by atoms with Crippen molar-refractivity contribution < 1.29 is 4.79 Å². The molecule has 0 amide bonds. The first-order valence-corrected chi connectivity index (χ1v) is 6.58. The average molecular weight is 244 g/mol. The van der Waals surface area contributed by atoms with E-state index in [1.54, 1.807) is 4.57 Å². The molecule has 0 radical (unpaired) electrons. The molecule has 0 N–H and O–H groups in total. The Balaban J connectivity index is 2.21. The van der Waals surface area contributed by atoms with Crippen LogP contribution in [0.15, 0.2) is 41.5 Å². The quantitative estimate of drug-likeness (QED) is 0.753. The van der Waals surface area contributed by atoms with Gasteiger partial charge in [0.15, 0.2) is 0 Å². The fourth-order valence-electron chi connectivity index (χ4n) is 2.20. The van der Waals surface area contributed by atoms with Crippen LogP contribution in [0.5, 0.6) is 0 Å². The summed E-state index contributed by atoms with van der Waals surface area (Å²) in [7, 11) is 0. The van der Waals surface area contributed by atoms with E-state index in [1.165, 1.54) is 0 Å². The summed E-state index contributed by atoms with van der Waals surface area (Å²) in [5, 5.41) is 0. The molecule has 1 aromatic rings. The van der Waals surface area contributed by atoms with Crippen molar-refractivity contribution in [3.63, 3.8) is 0 Å². The zero-order valence-corrected chi connectivity index (χ0v) is 11.0. The SMILES string of the molecule is CC(C)N=c1ccccn1C(=O)C[C@H]1C=CCC1. The fourth-order valence-corrected chi connectivity index (χ4v) is 2.20. The van der Waals surface area contributed by atoms with Crippen molar-refractivity contribution in [3.05, 3.63) is 42.0 Å². The van der Waals surface area contributed by atoms with Crippen LogP contribution in [0.4, 0.5) is 0 Å². The first-order valence-electron chi connectivity index (χ1n) is 6.58. The summed E-state index contributed by atoms with van der Waals surface area (Å²) >= 11 is 0. The minimum atomic E-state index is 0.131. The van der Waals surface area contributed by atoms with Crippen molar-refractivity contribution >= 4 is 5.91 Å². The topological polar surface area (TPSA) is 34.4 Å². The lowest BCUT2D eigenvalue weighted by Crippen LogP contribution is -2.28. The van der Waals surface area contributed by atoms with Crippen molar-refractivity contribution in [1.29, 1.82) is 0 Å². The van der Waals surface area contributed by atoms with Crippen LogP contribution < -0.4 is 5.49 Å². The van der Waals surface area contributed by atoms with E-state index in [4.69, 9.17) is 0 Å². The maximum absolute atomic E-state index is 12.3. The maximum Gasteiger partial charge on any atom is 0.232 e. The molecule has 1 atom stereocenters. The Labute approximate surface area is 108 Å². The van der Waals surface area contributed by atoms with Crippen molar-refractivity contribution in [2.75, 3.05) is 0 Å². The molecule has 0 aromatic carbocycles. The predicted molar refractivity (Wildman–Crippen MR) is 72.2 cm³/mol. The van der Waals surface area contributed by atoms with Crippen LogP contribution in [0, 0.1) is 5.92 Å². The largest absolute Gasteiger partial charge is 0.274 e. The maximum atomic E-state index is 12.3. The number of aromatic nitrogens is 1. The molecule has 1 aliphatic rings. The molecule has 0 aliphatic heterocycles. The summed E-state index contributed by atoms with van der Waals surface area (Å²) in [6.45, 7) is 4.03. The Kier molecular flexibility index (Phi) is 4.13. The molecule has 96 valence electrons. The van der Waals surface area contributed by atoms with Crippen LogP contribution in [-0.2, 0) is 0 Å². The summed E-state index contributed by atoms with van der Waals surface area (Å²) in [5.41, 5.74) is 0.750. The van der Waals surface area contributed by atoms with Gasteiger partial charge in [0.2, 0.25) is 5.91 Å². The van der Waals surface area contributed by atoms with Gasteiger partial charge in [-0.15, -0.1) is 0 Å². The van der Waals surface area contributed by atoms with Crippen LogP contribution in [0.25, 0.3) is 0 Å². The smallest absolute Gasteiger partial charge is 0.232 e. The zero-order chi connectivity index (χ0) is 13.0. The summed E-state index contributed by atoms with van der Waals surface area (Å²) in [4.78, 5) is 16.8. The number of hydrogen-bond acceptors (Lipinski definition) is 2. The van der Waals surface area contributed by atoms with Gasteiger partial charge in [-0.2, -0.15) is 0 Å². The lowest BCUT2D eigenvalue weighted by atomic mass is 10.1. The number of pyridine rings is 1. The monoisotopic (exact) mass is 244 g/mol. The Morgan fingerprint density at radius 1 is 1.50 bits per heavy atom. The molecule has 0 saturated carbocycles. The van der Waals surface area contributed by atoms with Gasteiger partial charge in [0.1, 0.15) is 5.49 Å². The number of nitrogens with zero attached hydrogens (tertiary/aromatic N) is 2. The molecular weight excluding hydrogens is 224 g/mol. The fraction of sp³-hybridized carbons (Fsp3) is 0.467. The number of hydrogen-bond donors (Lipinski definition) is 0. The highest BCUT2D eigenvalue weighted by atomic mass is 16.2. The molecule has 0 fully saturated rings. The molecule has 0 spiro atoms. The third kappa shape index (κ3) is 3.19. The molecule has 2 rings (SSSR count). The highest BCUT2D eigenvalue weighted by molar-refractivity contribution is 5.79. The van der Waals surface area contributed by atoms with Crippen LogP contribution in [0.2, 0.25) is 0 Å². The minimum Gasteiger partial charge on any atom is -0.274 e. The number of allylic oxidation sites excluding steroid dienone is 2. The number of carbonyl (C=O) groups excluding carboxylic acids is 1. The molecule has 1 aromatic heterocycles. The lowest BCUT2D eigenvalue weighted by Gasteiger charge is -2.10. The second kappa shape index (κ2) is 5.80. The number of carbonyl (C=O) groups is 1. The van der Waals surface area contributed by atoms with Crippen molar-refractivity contribution in [3.8, 4) is 0 Å². The first-order chi connectivity index (χ1) is 8.66. The van der Waals surface area contributed by atoms with Gasteiger partial charge in [-0.1, -0.05) is 18.2 Å². The summed E-state index contributed by atoms with van der Waals surface area (Å²) in [5.74, 6) is 0.531. The van der Waals surface area contributed by atoms with Crippen LogP contribution in [0.1, 0.15) is 37.9 Å². The van der Waals surface area contributed by atoms with Gasteiger partial charge >= 0.3 is 0 Å². The zero-order valence-electron chi connectivity index (χ0n) is 11.0. The second-order valence-electron chi connectivity index (χ2n) is 5.02. The average Bonchev–Trinajstić information content (AvgIpc) is 2.81. The van der Waals surface area contributed by atoms with Gasteiger partial charge in [0.05, 0.1) is 0 Å². The standard InChI is InChI=1S/C15H20N2O/c1-12(2)16-14-9-5-6-10-17(14)15(18)11-13-7-3-4-8-13/h3,5-7,9-10,12-13H,4,8,11H2,1-2H3/t13-/m0/s1. The molecule has 0 bridgehead atoms. The highest BCUT2D eigenvalue weighted by Gasteiger charge is 2.15. The van der Waals surface area contributed by atoms with Crippen LogP contribution in [0.3, 0.4) is 0 Å². The highest BCUT2D eigenvalue weighted by Crippen LogP contribution is 2.20. The van der Waals surface area contributed by atoms with E-state index < -0.39 is 0 Å². The molecule has 0 saturated heterocycles. The second-order valence-corrected chi connectivity index (χ2v) is 5.02. The summed E-state index contributed by atoms with van der Waals surface area (Å²) in [6, 6.07) is 5.88. The third-order valence-corrected chi connectivity index (χ3v) is 3.05. The Bertz CT molecular complexity index is 511. The Morgan fingerprint density at radius 2 is 2.33 bits per heavy atom. The minimum absolute atomic E-state index is 0.131. The summed E-state index contributed by atoms with van der Waals surface area (Å²) < 4.78 is 1.67. The van der Waals surface area contributed by atoms with E-state index in [0.717, 1.165) is 18.3 Å². The molecule has 3 nitrogen and oxygen atoms in total. The van der Waals surface area contributed by atoms with Gasteiger partial charge in [0.25, 0.3) is 0 Å². The van der Waals surface area contributed by atoms with E-state index in [2.05, 4.69) is 17.1 Å². The lowest BCUT2D eigenvalue weighted by molar-refractivity contribution is 0.0882. The molecule has 18 heavy (non-hydrogen) atoms. The molecular formula is C15H20N2O. The van der Waals surface area contributed by atoms with Gasteiger partial charge in [-0.05, 0) is 44.7 Å². The first kappa shape index (κ1) is 12.8. The van der Waals surface area contributed by atoms with Crippen LogP contribution >= 0.6 is 0 Å². The van der Waals surface area contributed by atoms with E-state index in [-0.39, 0.29) is 11.9 Å². The van der Waals surface area contributed by atoms with Gasteiger partial charge < -0.3 is 0 Å². The van der Waals surface area contributed by atoms with Gasteiger partial charge in [-0.3, -0.25) is 14.4 Å². The van der Waals surface area contributed by atoms with Gasteiger partial charge in [-0.25, -0.2) is 0 Å². The Hall–Kier alpha value is -1.64. The van der Waals surface area contributed by atoms with Crippen molar-refractivity contribution in [1.82, 2.24) is 4.57 Å². The van der Waals surface area contributed by atoms with Gasteiger partial charge in [0, 0.05) is 18.7 Å². The van der Waals surface area contributed by atoms with E-state index >= 15 is 0 Å². The predicted octanol–water partition coefficient (Wildman–Crippen LogP) is 2.79. The van der Waals surface area contributed by atoms with E-state index in [1.807, 2.05) is 38.2 Å². The Morgan fingerprint density at radius 3 is 3.00 bits per heavy atom. The molecule has 3 heteroatoms. The molecule has 1 heterocycles. The van der Waals surface area contributed by atoms with Crippen molar-refractivity contribution in [2.45, 2.75) is 39.2 Å². The normalized spacial score (nSPS) is 19.7. The van der Waals surface area contributed by atoms with E-state index in [9.17, 15) is 4.79 Å². The third-order valence-electron chi connectivity index (χ3n) is 3.05. The summed E-state index contributed by atoms with van der Waals surface area (Å²) in [6.07, 6.45) is 8.89. The molecule has 0 unspecified atom stereocenters. The van der Waals surface area contributed by atoms with Crippen molar-refractivity contribution in [2.24, 2.45) is 10.9 Å². The molecule has 1 aliphatic carbocycles. The van der Waals surface area contributed by atoms with E-state index in [0.29, 0.717) is 12.3 Å². The number of rotatable bonds is 3. The van der Waals surface area contributed by atoms with Crippen LogP contribution in [-0.4, -0.2) is 16.5 Å².